The summed E-state index contributed by atoms with van der Waals surface area (Å²) in [6.45, 7) is 1.65. The van der Waals surface area contributed by atoms with E-state index in [1.54, 1.807) is 4.31 Å². The summed E-state index contributed by atoms with van der Waals surface area (Å²) in [6.07, 6.45) is 6.90. The van der Waals surface area contributed by atoms with Gasteiger partial charge in [0.2, 0.25) is 10.0 Å². The first kappa shape index (κ1) is 10.1. The molecular formula is C11H19NO2S. The zero-order chi connectivity index (χ0) is 10.5. The fraction of sp³-hybridized carbons (Fsp3) is 1.00. The lowest BCUT2D eigenvalue weighted by Gasteiger charge is -2.22. The second-order valence-corrected chi connectivity index (χ2v) is 7.58. The SMILES string of the molecule is O=S(=O)(C1CC1)N1CC2CCCCC2C1. The zero-order valence-corrected chi connectivity index (χ0v) is 9.88. The molecule has 3 nitrogen and oxygen atoms in total. The Morgan fingerprint density at radius 2 is 1.40 bits per heavy atom. The Labute approximate surface area is 91.9 Å². The monoisotopic (exact) mass is 229 g/mol. The van der Waals surface area contributed by atoms with Gasteiger partial charge in [0.25, 0.3) is 0 Å². The summed E-state index contributed by atoms with van der Waals surface area (Å²) in [4.78, 5) is 0. The van der Waals surface area contributed by atoms with Gasteiger partial charge >= 0.3 is 0 Å². The molecule has 0 N–H and O–H groups in total. The van der Waals surface area contributed by atoms with E-state index in [2.05, 4.69) is 0 Å². The van der Waals surface area contributed by atoms with E-state index in [1.165, 1.54) is 25.7 Å². The van der Waals surface area contributed by atoms with E-state index in [9.17, 15) is 8.42 Å². The smallest absolute Gasteiger partial charge is 0.212 e. The first-order chi connectivity index (χ1) is 7.18. The van der Waals surface area contributed by atoms with E-state index >= 15 is 0 Å². The van der Waals surface area contributed by atoms with Gasteiger partial charge < -0.3 is 0 Å². The van der Waals surface area contributed by atoms with Crippen molar-refractivity contribution in [1.82, 2.24) is 4.31 Å². The normalized spacial score (nSPS) is 37.9. The summed E-state index contributed by atoms with van der Waals surface area (Å²) in [6, 6.07) is 0. The molecule has 2 unspecified atom stereocenters. The van der Waals surface area contributed by atoms with Gasteiger partial charge in [0.1, 0.15) is 0 Å². The summed E-state index contributed by atoms with van der Waals surface area (Å²) in [5.74, 6) is 1.35. The van der Waals surface area contributed by atoms with Crippen LogP contribution in [0.5, 0.6) is 0 Å². The van der Waals surface area contributed by atoms with Crippen LogP contribution < -0.4 is 0 Å². The van der Waals surface area contributed by atoms with Crippen molar-refractivity contribution in [2.75, 3.05) is 13.1 Å². The summed E-state index contributed by atoms with van der Waals surface area (Å²) in [5, 5.41) is -0.0161. The van der Waals surface area contributed by atoms with Crippen LogP contribution in [0.2, 0.25) is 0 Å². The molecule has 0 radical (unpaired) electrons. The van der Waals surface area contributed by atoms with E-state index in [-0.39, 0.29) is 5.25 Å². The second kappa shape index (κ2) is 3.45. The summed E-state index contributed by atoms with van der Waals surface area (Å²) in [7, 11) is -2.89. The van der Waals surface area contributed by atoms with Crippen LogP contribution in [0.15, 0.2) is 0 Å². The summed E-state index contributed by atoms with van der Waals surface area (Å²) < 4.78 is 25.9. The van der Waals surface area contributed by atoms with Crippen molar-refractivity contribution >= 4 is 10.0 Å². The Bertz CT molecular complexity index is 334. The Morgan fingerprint density at radius 1 is 0.867 bits per heavy atom. The molecule has 86 valence electrons. The molecule has 4 heteroatoms. The quantitative estimate of drug-likeness (QED) is 0.721. The maximum absolute atomic E-state index is 12.1. The van der Waals surface area contributed by atoms with Crippen LogP contribution >= 0.6 is 0 Å². The van der Waals surface area contributed by atoms with Crippen molar-refractivity contribution in [2.45, 2.75) is 43.8 Å². The molecule has 15 heavy (non-hydrogen) atoms. The van der Waals surface area contributed by atoms with Gasteiger partial charge in [-0.3, -0.25) is 0 Å². The maximum atomic E-state index is 12.1. The van der Waals surface area contributed by atoms with Gasteiger partial charge in [0, 0.05) is 13.1 Å². The lowest BCUT2D eigenvalue weighted by molar-refractivity contribution is 0.299. The Balaban J connectivity index is 1.74. The number of sulfonamides is 1. The minimum absolute atomic E-state index is 0.0161. The average molecular weight is 229 g/mol. The van der Waals surface area contributed by atoms with Crippen molar-refractivity contribution in [3.8, 4) is 0 Å². The molecule has 2 aliphatic carbocycles. The van der Waals surface area contributed by atoms with Crippen molar-refractivity contribution in [2.24, 2.45) is 11.8 Å². The fourth-order valence-corrected chi connectivity index (χ4v) is 5.10. The number of fused-ring (bicyclic) bond motifs is 1. The molecule has 0 spiro atoms. The molecule has 1 aliphatic heterocycles. The molecule has 2 saturated carbocycles. The number of nitrogens with zero attached hydrogens (tertiary/aromatic N) is 1. The lowest BCUT2D eigenvalue weighted by Crippen LogP contribution is -2.32. The van der Waals surface area contributed by atoms with E-state index < -0.39 is 10.0 Å². The third-order valence-corrected chi connectivity index (χ3v) is 6.58. The van der Waals surface area contributed by atoms with Crippen molar-refractivity contribution in [1.29, 1.82) is 0 Å². The minimum Gasteiger partial charge on any atom is -0.212 e. The largest absolute Gasteiger partial charge is 0.216 e. The van der Waals surface area contributed by atoms with Gasteiger partial charge in [-0.05, 0) is 37.5 Å². The highest BCUT2D eigenvalue weighted by Gasteiger charge is 2.45. The van der Waals surface area contributed by atoms with E-state index in [1.807, 2.05) is 0 Å². The van der Waals surface area contributed by atoms with E-state index in [0.29, 0.717) is 11.8 Å². The van der Waals surface area contributed by atoms with Gasteiger partial charge in [-0.25, -0.2) is 12.7 Å². The summed E-state index contributed by atoms with van der Waals surface area (Å²) >= 11 is 0. The highest BCUT2D eigenvalue weighted by molar-refractivity contribution is 7.90. The van der Waals surface area contributed by atoms with Crippen LogP contribution in [0.25, 0.3) is 0 Å². The standard InChI is InChI=1S/C11H19NO2S/c13-15(14,11-5-6-11)12-7-9-3-1-2-4-10(9)8-12/h9-11H,1-8H2. The molecule has 0 bridgehead atoms. The predicted molar refractivity (Wildman–Crippen MR) is 59.0 cm³/mol. The maximum Gasteiger partial charge on any atom is 0.216 e. The van der Waals surface area contributed by atoms with Crippen LogP contribution in [0.4, 0.5) is 0 Å². The molecule has 0 amide bonds. The predicted octanol–water partition coefficient (Wildman–Crippen LogP) is 1.60. The molecule has 1 heterocycles. The highest BCUT2D eigenvalue weighted by atomic mass is 32.2. The van der Waals surface area contributed by atoms with Gasteiger partial charge in [-0.15, -0.1) is 0 Å². The van der Waals surface area contributed by atoms with Crippen LogP contribution in [0.1, 0.15) is 38.5 Å². The van der Waals surface area contributed by atoms with Gasteiger partial charge in [-0.2, -0.15) is 0 Å². The summed E-state index contributed by atoms with van der Waals surface area (Å²) in [5.41, 5.74) is 0. The molecule has 3 fully saturated rings. The topological polar surface area (TPSA) is 37.4 Å². The molecule has 1 saturated heterocycles. The fourth-order valence-electron chi connectivity index (χ4n) is 3.15. The molecular weight excluding hydrogens is 210 g/mol. The van der Waals surface area contributed by atoms with Gasteiger partial charge in [-0.1, -0.05) is 12.8 Å². The number of rotatable bonds is 2. The highest BCUT2D eigenvalue weighted by Crippen LogP contribution is 2.40. The van der Waals surface area contributed by atoms with Crippen LogP contribution in [0.3, 0.4) is 0 Å². The first-order valence-corrected chi connectivity index (χ1v) is 7.67. The second-order valence-electron chi connectivity index (χ2n) is 5.37. The zero-order valence-electron chi connectivity index (χ0n) is 9.06. The Hall–Kier alpha value is -0.0900. The van der Waals surface area contributed by atoms with Crippen molar-refractivity contribution in [3.63, 3.8) is 0 Å². The third-order valence-electron chi connectivity index (χ3n) is 4.25. The lowest BCUT2D eigenvalue weighted by atomic mass is 9.82. The van der Waals surface area contributed by atoms with Crippen LogP contribution in [-0.2, 0) is 10.0 Å². The van der Waals surface area contributed by atoms with Gasteiger partial charge in [0.15, 0.2) is 0 Å². The van der Waals surface area contributed by atoms with Crippen molar-refractivity contribution < 1.29 is 8.42 Å². The van der Waals surface area contributed by atoms with Crippen LogP contribution in [0, 0.1) is 11.8 Å². The molecule has 0 aromatic heterocycles. The average Bonchev–Trinajstić information content (AvgIpc) is 2.97. The molecule has 3 rings (SSSR count). The van der Waals surface area contributed by atoms with Crippen LogP contribution in [-0.4, -0.2) is 31.1 Å². The number of hydrogen-bond donors (Lipinski definition) is 0. The first-order valence-electron chi connectivity index (χ1n) is 6.17. The third kappa shape index (κ3) is 1.72. The van der Waals surface area contributed by atoms with E-state index in [4.69, 9.17) is 0 Å². The minimum atomic E-state index is -2.89. The molecule has 0 aromatic rings. The Morgan fingerprint density at radius 3 is 1.87 bits per heavy atom. The number of hydrogen-bond acceptors (Lipinski definition) is 2. The van der Waals surface area contributed by atoms with Gasteiger partial charge in [0.05, 0.1) is 5.25 Å². The van der Waals surface area contributed by atoms with Crippen molar-refractivity contribution in [3.05, 3.63) is 0 Å². The molecule has 2 atom stereocenters. The molecule has 3 aliphatic rings. The Kier molecular flexibility index (Phi) is 2.32. The molecule has 0 aromatic carbocycles. The van der Waals surface area contributed by atoms with E-state index in [0.717, 1.165) is 25.9 Å².